The third kappa shape index (κ3) is 4.04. The van der Waals surface area contributed by atoms with Crippen molar-refractivity contribution in [1.29, 1.82) is 0 Å². The Labute approximate surface area is 99.9 Å². The predicted octanol–water partition coefficient (Wildman–Crippen LogP) is 2.57. The zero-order valence-corrected chi connectivity index (χ0v) is 10.5. The summed E-state index contributed by atoms with van der Waals surface area (Å²) in [6, 6.07) is 1.00. The number of nitrogens with two attached hydrogens (primary N) is 2. The lowest BCUT2D eigenvalue weighted by molar-refractivity contribution is 0.225. The van der Waals surface area contributed by atoms with Crippen molar-refractivity contribution < 1.29 is 0 Å². The van der Waals surface area contributed by atoms with Crippen LogP contribution in [0.2, 0.25) is 0 Å². The van der Waals surface area contributed by atoms with Crippen molar-refractivity contribution in [3.05, 3.63) is 0 Å². The first-order chi connectivity index (χ1) is 7.24. The van der Waals surface area contributed by atoms with Crippen molar-refractivity contribution in [2.24, 2.45) is 23.3 Å². The Morgan fingerprint density at radius 2 is 0.938 bits per heavy atom. The summed E-state index contributed by atoms with van der Waals surface area (Å²) in [6.07, 6.45) is 12.0. The lowest BCUT2D eigenvalue weighted by atomic mass is 9.76. The largest absolute Gasteiger partial charge is 0.344 e. The van der Waals surface area contributed by atoms with Crippen LogP contribution in [0, 0.1) is 11.8 Å². The zero-order chi connectivity index (χ0) is 10.7. The SMILES string of the molecule is N.NC1CCC(CC2CCC(N)CC2)CC1. The maximum absolute atomic E-state index is 5.93. The van der Waals surface area contributed by atoms with E-state index in [9.17, 15) is 0 Å². The van der Waals surface area contributed by atoms with E-state index < -0.39 is 0 Å². The molecule has 2 rings (SSSR count). The van der Waals surface area contributed by atoms with Crippen LogP contribution < -0.4 is 17.6 Å². The van der Waals surface area contributed by atoms with Gasteiger partial charge in [0.15, 0.2) is 0 Å². The lowest BCUT2D eigenvalue weighted by Crippen LogP contribution is -2.30. The first kappa shape index (κ1) is 13.9. The highest BCUT2D eigenvalue weighted by atomic mass is 14.6. The maximum Gasteiger partial charge on any atom is 0.00390 e. The molecule has 16 heavy (non-hydrogen) atoms. The summed E-state index contributed by atoms with van der Waals surface area (Å²) >= 11 is 0. The van der Waals surface area contributed by atoms with E-state index in [1.165, 1.54) is 57.8 Å². The van der Waals surface area contributed by atoms with E-state index in [0.29, 0.717) is 12.1 Å². The van der Waals surface area contributed by atoms with Crippen LogP contribution in [0.25, 0.3) is 0 Å². The fraction of sp³-hybridized carbons (Fsp3) is 1.00. The first-order valence-electron chi connectivity index (χ1n) is 6.75. The van der Waals surface area contributed by atoms with Crippen LogP contribution in [-0.4, -0.2) is 12.1 Å². The molecule has 0 aromatic rings. The molecule has 0 bridgehead atoms. The molecule has 0 unspecified atom stereocenters. The van der Waals surface area contributed by atoms with E-state index in [1.807, 2.05) is 0 Å². The van der Waals surface area contributed by atoms with Crippen LogP contribution in [0.5, 0.6) is 0 Å². The molecule has 2 aliphatic rings. The van der Waals surface area contributed by atoms with E-state index in [-0.39, 0.29) is 6.15 Å². The molecule has 96 valence electrons. The Morgan fingerprint density at radius 1 is 0.625 bits per heavy atom. The summed E-state index contributed by atoms with van der Waals surface area (Å²) in [5.41, 5.74) is 11.9. The van der Waals surface area contributed by atoms with Crippen molar-refractivity contribution in [3.8, 4) is 0 Å². The molecular formula is C13H29N3. The van der Waals surface area contributed by atoms with E-state index in [2.05, 4.69) is 0 Å². The smallest absolute Gasteiger partial charge is 0.00390 e. The van der Waals surface area contributed by atoms with Crippen LogP contribution >= 0.6 is 0 Å². The molecule has 3 nitrogen and oxygen atoms in total. The summed E-state index contributed by atoms with van der Waals surface area (Å²) in [6.45, 7) is 0. The van der Waals surface area contributed by atoms with Gasteiger partial charge in [-0.05, 0) is 69.6 Å². The maximum atomic E-state index is 5.93. The molecule has 0 saturated heterocycles. The van der Waals surface area contributed by atoms with Gasteiger partial charge in [-0.2, -0.15) is 0 Å². The number of hydrogen-bond acceptors (Lipinski definition) is 3. The normalized spacial score (nSPS) is 40.1. The van der Waals surface area contributed by atoms with Gasteiger partial charge in [-0.25, -0.2) is 0 Å². The minimum absolute atomic E-state index is 0. The Bertz CT molecular complexity index is 160. The summed E-state index contributed by atoms with van der Waals surface area (Å²) in [7, 11) is 0. The minimum atomic E-state index is 0. The second kappa shape index (κ2) is 6.58. The Balaban J connectivity index is 0.00000128. The van der Waals surface area contributed by atoms with E-state index >= 15 is 0 Å². The molecular weight excluding hydrogens is 198 g/mol. The summed E-state index contributed by atoms with van der Waals surface area (Å²) in [5.74, 6) is 1.95. The molecule has 3 heteroatoms. The fourth-order valence-corrected chi connectivity index (χ4v) is 3.32. The molecule has 2 fully saturated rings. The van der Waals surface area contributed by atoms with Gasteiger partial charge < -0.3 is 17.6 Å². The van der Waals surface area contributed by atoms with Gasteiger partial charge in [0.1, 0.15) is 0 Å². The van der Waals surface area contributed by atoms with Gasteiger partial charge in [-0.1, -0.05) is 0 Å². The summed E-state index contributed by atoms with van der Waals surface area (Å²) in [5, 5.41) is 0. The topological polar surface area (TPSA) is 87.0 Å². The Kier molecular flexibility index (Phi) is 5.73. The van der Waals surface area contributed by atoms with Gasteiger partial charge in [-0.3, -0.25) is 0 Å². The zero-order valence-electron chi connectivity index (χ0n) is 10.5. The third-order valence-electron chi connectivity index (χ3n) is 4.45. The quantitative estimate of drug-likeness (QED) is 0.677. The fourth-order valence-electron chi connectivity index (χ4n) is 3.32. The summed E-state index contributed by atoms with van der Waals surface area (Å²) in [4.78, 5) is 0. The molecule has 2 aliphatic carbocycles. The van der Waals surface area contributed by atoms with Gasteiger partial charge in [-0.15, -0.1) is 0 Å². The van der Waals surface area contributed by atoms with Gasteiger partial charge in [0.25, 0.3) is 0 Å². The molecule has 0 aromatic carbocycles. The molecule has 0 radical (unpaired) electrons. The average molecular weight is 227 g/mol. The van der Waals surface area contributed by atoms with Crippen LogP contribution in [0.15, 0.2) is 0 Å². The molecule has 0 aliphatic heterocycles. The highest BCUT2D eigenvalue weighted by molar-refractivity contribution is 4.80. The van der Waals surface area contributed by atoms with E-state index in [1.54, 1.807) is 0 Å². The monoisotopic (exact) mass is 227 g/mol. The van der Waals surface area contributed by atoms with E-state index in [4.69, 9.17) is 11.5 Å². The van der Waals surface area contributed by atoms with Crippen molar-refractivity contribution in [2.45, 2.75) is 69.9 Å². The molecule has 0 aromatic heterocycles. The average Bonchev–Trinajstić information content (AvgIpc) is 2.25. The van der Waals surface area contributed by atoms with Crippen LogP contribution in [0.1, 0.15) is 57.8 Å². The van der Waals surface area contributed by atoms with Crippen molar-refractivity contribution >= 4 is 0 Å². The molecule has 7 N–H and O–H groups in total. The third-order valence-corrected chi connectivity index (χ3v) is 4.45. The van der Waals surface area contributed by atoms with Crippen molar-refractivity contribution in [1.82, 2.24) is 6.15 Å². The standard InChI is InChI=1S/C13H26N2.H3N/c14-12-5-1-10(2-6-12)9-11-3-7-13(15)8-4-11;/h10-13H,1-9,14-15H2;1H3. The van der Waals surface area contributed by atoms with Crippen molar-refractivity contribution in [2.75, 3.05) is 0 Å². The second-order valence-electron chi connectivity index (χ2n) is 5.80. The van der Waals surface area contributed by atoms with E-state index in [0.717, 1.165) is 11.8 Å². The number of hydrogen-bond donors (Lipinski definition) is 3. The van der Waals surface area contributed by atoms with Crippen molar-refractivity contribution in [3.63, 3.8) is 0 Å². The molecule has 2 saturated carbocycles. The molecule has 0 atom stereocenters. The highest BCUT2D eigenvalue weighted by Gasteiger charge is 2.24. The Hall–Kier alpha value is -0.120. The molecule has 0 amide bonds. The Morgan fingerprint density at radius 3 is 1.25 bits per heavy atom. The van der Waals surface area contributed by atoms with Crippen LogP contribution in [0.3, 0.4) is 0 Å². The van der Waals surface area contributed by atoms with Gasteiger partial charge >= 0.3 is 0 Å². The second-order valence-corrected chi connectivity index (χ2v) is 5.80. The van der Waals surface area contributed by atoms with Crippen LogP contribution in [-0.2, 0) is 0 Å². The highest BCUT2D eigenvalue weighted by Crippen LogP contribution is 2.34. The van der Waals surface area contributed by atoms with Gasteiger partial charge in [0.05, 0.1) is 0 Å². The van der Waals surface area contributed by atoms with Gasteiger partial charge in [0.2, 0.25) is 0 Å². The molecule has 0 heterocycles. The predicted molar refractivity (Wildman–Crippen MR) is 69.5 cm³/mol. The van der Waals surface area contributed by atoms with Gasteiger partial charge in [0, 0.05) is 12.1 Å². The minimum Gasteiger partial charge on any atom is -0.344 e. The summed E-state index contributed by atoms with van der Waals surface area (Å²) < 4.78 is 0. The first-order valence-corrected chi connectivity index (χ1v) is 6.75. The number of rotatable bonds is 2. The molecule has 0 spiro atoms. The lowest BCUT2D eigenvalue weighted by Gasteiger charge is -2.32. The van der Waals surface area contributed by atoms with Crippen LogP contribution in [0.4, 0.5) is 0 Å².